The standard InChI is InChI=1S/C13H14N2O3/c1-9-12(13(17)18)7-15(14-9)6-10-2-4-11(8-16)5-3-10/h2-5,7,16H,6,8H2,1H3,(H,17,18). The maximum Gasteiger partial charge on any atom is 0.339 e. The molecule has 1 heterocycles. The molecule has 94 valence electrons. The summed E-state index contributed by atoms with van der Waals surface area (Å²) in [6.07, 6.45) is 1.53. The number of rotatable bonds is 4. The molecule has 0 bridgehead atoms. The molecule has 5 nitrogen and oxygen atoms in total. The highest BCUT2D eigenvalue weighted by Gasteiger charge is 2.11. The Hall–Kier alpha value is -2.14. The van der Waals surface area contributed by atoms with E-state index in [4.69, 9.17) is 10.2 Å². The first-order chi connectivity index (χ1) is 8.60. The van der Waals surface area contributed by atoms with E-state index in [9.17, 15) is 4.79 Å². The van der Waals surface area contributed by atoms with Crippen LogP contribution in [0.1, 0.15) is 27.2 Å². The third kappa shape index (κ3) is 2.57. The van der Waals surface area contributed by atoms with Crippen molar-refractivity contribution in [2.24, 2.45) is 0 Å². The lowest BCUT2D eigenvalue weighted by Crippen LogP contribution is -2.00. The van der Waals surface area contributed by atoms with Crippen molar-refractivity contribution < 1.29 is 15.0 Å². The Morgan fingerprint density at radius 1 is 1.28 bits per heavy atom. The van der Waals surface area contributed by atoms with Crippen molar-refractivity contribution in [2.75, 3.05) is 0 Å². The molecule has 0 fully saturated rings. The third-order valence-corrected chi connectivity index (χ3v) is 2.73. The number of aliphatic hydroxyl groups excluding tert-OH is 1. The van der Waals surface area contributed by atoms with E-state index >= 15 is 0 Å². The summed E-state index contributed by atoms with van der Waals surface area (Å²) in [4.78, 5) is 10.9. The molecular formula is C13H14N2O3. The molecule has 0 aliphatic carbocycles. The first-order valence-electron chi connectivity index (χ1n) is 5.56. The predicted octanol–water partition coefficient (Wildman–Crippen LogP) is 1.43. The first kappa shape index (κ1) is 12.3. The Labute approximate surface area is 104 Å². The number of aryl methyl sites for hydroxylation is 1. The van der Waals surface area contributed by atoms with Gasteiger partial charge in [0.2, 0.25) is 0 Å². The van der Waals surface area contributed by atoms with Crippen LogP contribution in [0.4, 0.5) is 0 Å². The SMILES string of the molecule is Cc1nn(Cc2ccc(CO)cc2)cc1C(=O)O. The number of aromatic carboxylic acids is 1. The second-order valence-electron chi connectivity index (χ2n) is 4.11. The van der Waals surface area contributed by atoms with Crippen LogP contribution in [0.15, 0.2) is 30.5 Å². The minimum atomic E-state index is -0.964. The van der Waals surface area contributed by atoms with Gasteiger partial charge in [0.05, 0.1) is 18.8 Å². The van der Waals surface area contributed by atoms with Gasteiger partial charge in [-0.05, 0) is 18.1 Å². The van der Waals surface area contributed by atoms with E-state index in [0.29, 0.717) is 12.2 Å². The zero-order chi connectivity index (χ0) is 13.1. The summed E-state index contributed by atoms with van der Waals surface area (Å²) in [7, 11) is 0. The Bertz CT molecular complexity index is 558. The summed E-state index contributed by atoms with van der Waals surface area (Å²) in [5, 5.41) is 22.0. The van der Waals surface area contributed by atoms with Gasteiger partial charge in [-0.25, -0.2) is 4.79 Å². The van der Waals surface area contributed by atoms with Crippen LogP contribution in [0.5, 0.6) is 0 Å². The highest BCUT2D eigenvalue weighted by Crippen LogP contribution is 2.09. The molecule has 0 amide bonds. The Morgan fingerprint density at radius 3 is 2.39 bits per heavy atom. The van der Waals surface area contributed by atoms with Gasteiger partial charge in [0.15, 0.2) is 0 Å². The van der Waals surface area contributed by atoms with E-state index in [1.807, 2.05) is 24.3 Å². The molecule has 0 aliphatic rings. The number of hydrogen-bond donors (Lipinski definition) is 2. The number of aromatic nitrogens is 2. The minimum Gasteiger partial charge on any atom is -0.478 e. The molecule has 0 saturated carbocycles. The highest BCUT2D eigenvalue weighted by atomic mass is 16.4. The van der Waals surface area contributed by atoms with Gasteiger partial charge in [0.1, 0.15) is 5.56 Å². The third-order valence-electron chi connectivity index (χ3n) is 2.73. The van der Waals surface area contributed by atoms with Gasteiger partial charge >= 0.3 is 5.97 Å². The van der Waals surface area contributed by atoms with Crippen molar-refractivity contribution in [3.05, 3.63) is 52.8 Å². The molecule has 0 saturated heterocycles. The summed E-state index contributed by atoms with van der Waals surface area (Å²) >= 11 is 0. The molecule has 0 spiro atoms. The van der Waals surface area contributed by atoms with Gasteiger partial charge in [0, 0.05) is 6.20 Å². The fourth-order valence-corrected chi connectivity index (χ4v) is 1.75. The number of carboxylic acid groups (broad SMARTS) is 1. The predicted molar refractivity (Wildman–Crippen MR) is 65.4 cm³/mol. The molecule has 0 atom stereocenters. The van der Waals surface area contributed by atoms with E-state index in [0.717, 1.165) is 11.1 Å². The first-order valence-corrected chi connectivity index (χ1v) is 5.56. The Kier molecular flexibility index (Phi) is 3.43. The molecular weight excluding hydrogens is 232 g/mol. The smallest absolute Gasteiger partial charge is 0.339 e. The van der Waals surface area contributed by atoms with E-state index in [1.54, 1.807) is 11.6 Å². The van der Waals surface area contributed by atoms with Gasteiger partial charge < -0.3 is 10.2 Å². The number of benzene rings is 1. The summed E-state index contributed by atoms with van der Waals surface area (Å²) in [6, 6.07) is 7.46. The molecule has 2 rings (SSSR count). The van der Waals surface area contributed by atoms with Crippen molar-refractivity contribution in [2.45, 2.75) is 20.1 Å². The van der Waals surface area contributed by atoms with E-state index in [1.165, 1.54) is 6.20 Å². The quantitative estimate of drug-likeness (QED) is 0.855. The second kappa shape index (κ2) is 5.01. The summed E-state index contributed by atoms with van der Waals surface area (Å²) in [5.74, 6) is -0.964. The molecule has 5 heteroatoms. The van der Waals surface area contributed by atoms with E-state index < -0.39 is 5.97 Å². The molecule has 0 unspecified atom stereocenters. The maximum absolute atomic E-state index is 10.9. The number of carbonyl (C=O) groups is 1. The van der Waals surface area contributed by atoms with Crippen LogP contribution < -0.4 is 0 Å². The van der Waals surface area contributed by atoms with Crippen LogP contribution in [-0.2, 0) is 13.2 Å². The van der Waals surface area contributed by atoms with Gasteiger partial charge in [-0.15, -0.1) is 0 Å². The lowest BCUT2D eigenvalue weighted by molar-refractivity contribution is 0.0696. The number of aliphatic hydroxyl groups is 1. The van der Waals surface area contributed by atoms with Crippen molar-refractivity contribution in [1.82, 2.24) is 9.78 Å². The fourth-order valence-electron chi connectivity index (χ4n) is 1.75. The minimum absolute atomic E-state index is 0.0182. The molecule has 2 aromatic rings. The summed E-state index contributed by atoms with van der Waals surface area (Å²) in [5.41, 5.74) is 2.59. The van der Waals surface area contributed by atoms with Gasteiger partial charge in [0.25, 0.3) is 0 Å². The van der Waals surface area contributed by atoms with Crippen LogP contribution >= 0.6 is 0 Å². The molecule has 0 radical (unpaired) electrons. The topological polar surface area (TPSA) is 75.3 Å². The Morgan fingerprint density at radius 2 is 1.89 bits per heavy atom. The number of carboxylic acids is 1. The fraction of sp³-hybridized carbons (Fsp3) is 0.231. The monoisotopic (exact) mass is 246 g/mol. The van der Waals surface area contributed by atoms with Crippen molar-refractivity contribution in [3.8, 4) is 0 Å². The maximum atomic E-state index is 10.9. The molecule has 0 aliphatic heterocycles. The average molecular weight is 246 g/mol. The van der Waals surface area contributed by atoms with E-state index in [-0.39, 0.29) is 12.2 Å². The zero-order valence-electron chi connectivity index (χ0n) is 10.00. The normalized spacial score (nSPS) is 10.6. The molecule has 1 aromatic carbocycles. The largest absolute Gasteiger partial charge is 0.478 e. The van der Waals surface area contributed by atoms with Crippen molar-refractivity contribution in [3.63, 3.8) is 0 Å². The lowest BCUT2D eigenvalue weighted by atomic mass is 10.1. The molecule has 1 aromatic heterocycles. The molecule has 2 N–H and O–H groups in total. The van der Waals surface area contributed by atoms with Crippen LogP contribution in [0, 0.1) is 6.92 Å². The van der Waals surface area contributed by atoms with Crippen LogP contribution in [0.25, 0.3) is 0 Å². The number of nitrogens with zero attached hydrogens (tertiary/aromatic N) is 2. The van der Waals surface area contributed by atoms with Crippen LogP contribution in [-0.4, -0.2) is 26.0 Å². The van der Waals surface area contributed by atoms with Crippen LogP contribution in [0.2, 0.25) is 0 Å². The summed E-state index contributed by atoms with van der Waals surface area (Å²) in [6.45, 7) is 2.21. The number of hydrogen-bond acceptors (Lipinski definition) is 3. The van der Waals surface area contributed by atoms with Gasteiger partial charge in [-0.3, -0.25) is 4.68 Å². The average Bonchev–Trinajstić information content (AvgIpc) is 2.71. The van der Waals surface area contributed by atoms with Crippen molar-refractivity contribution >= 4 is 5.97 Å². The Balaban J connectivity index is 2.18. The zero-order valence-corrected chi connectivity index (χ0v) is 10.00. The van der Waals surface area contributed by atoms with E-state index in [2.05, 4.69) is 5.10 Å². The van der Waals surface area contributed by atoms with Gasteiger partial charge in [-0.2, -0.15) is 5.10 Å². The lowest BCUT2D eigenvalue weighted by Gasteiger charge is -2.02. The van der Waals surface area contributed by atoms with Crippen LogP contribution in [0.3, 0.4) is 0 Å². The highest BCUT2D eigenvalue weighted by molar-refractivity contribution is 5.88. The van der Waals surface area contributed by atoms with Gasteiger partial charge in [-0.1, -0.05) is 24.3 Å². The molecule has 18 heavy (non-hydrogen) atoms. The van der Waals surface area contributed by atoms with Crippen molar-refractivity contribution in [1.29, 1.82) is 0 Å². The summed E-state index contributed by atoms with van der Waals surface area (Å²) < 4.78 is 1.60. The second-order valence-corrected chi connectivity index (χ2v) is 4.11.